The molecular formula is C19H22BrNO3. The summed E-state index contributed by atoms with van der Waals surface area (Å²) in [5.74, 6) is 1.33. The number of carbonyl (C=O) groups is 1. The van der Waals surface area contributed by atoms with Gasteiger partial charge >= 0.3 is 0 Å². The van der Waals surface area contributed by atoms with Crippen LogP contribution in [-0.4, -0.2) is 42.9 Å². The van der Waals surface area contributed by atoms with Gasteiger partial charge in [0.1, 0.15) is 11.5 Å². The van der Waals surface area contributed by atoms with Crippen molar-refractivity contribution in [2.75, 3.05) is 27.3 Å². The number of allylic oxidation sites excluding steroid dienone is 1. The van der Waals surface area contributed by atoms with Crippen molar-refractivity contribution < 1.29 is 14.3 Å². The Bertz CT molecular complexity index is 724. The molecule has 1 atom stereocenters. The molecule has 0 bridgehead atoms. The number of rotatable bonds is 4. The lowest BCUT2D eigenvalue weighted by molar-refractivity contribution is 0.0792. The van der Waals surface area contributed by atoms with Crippen LogP contribution in [-0.2, 0) is 6.42 Å². The van der Waals surface area contributed by atoms with Crippen molar-refractivity contribution >= 4 is 21.8 Å². The smallest absolute Gasteiger partial charge is 0.258 e. The molecule has 4 nitrogen and oxygen atoms in total. The monoisotopic (exact) mass is 391 g/mol. The molecule has 0 fully saturated rings. The first-order valence-electron chi connectivity index (χ1n) is 8.14. The van der Waals surface area contributed by atoms with Crippen LogP contribution in [0.15, 0.2) is 35.4 Å². The van der Waals surface area contributed by atoms with Crippen molar-refractivity contribution in [3.63, 3.8) is 0 Å². The summed E-state index contributed by atoms with van der Waals surface area (Å²) in [5.41, 5.74) is 4.23. The summed E-state index contributed by atoms with van der Waals surface area (Å²) in [7, 11) is 3.22. The first kappa shape index (κ1) is 17.1. The molecule has 1 aliphatic heterocycles. The quantitative estimate of drug-likeness (QED) is 0.733. The summed E-state index contributed by atoms with van der Waals surface area (Å²) in [4.78, 5) is 15.3. The van der Waals surface area contributed by atoms with Gasteiger partial charge < -0.3 is 14.4 Å². The van der Waals surface area contributed by atoms with E-state index in [1.165, 1.54) is 11.1 Å². The van der Waals surface area contributed by atoms with E-state index in [1.54, 1.807) is 14.2 Å². The third kappa shape index (κ3) is 3.09. The highest BCUT2D eigenvalue weighted by Crippen LogP contribution is 2.34. The van der Waals surface area contributed by atoms with Gasteiger partial charge in [-0.1, -0.05) is 35.0 Å². The number of nitrogens with zero attached hydrogens (tertiary/aromatic N) is 1. The summed E-state index contributed by atoms with van der Waals surface area (Å²) in [6.07, 6.45) is 6.05. The van der Waals surface area contributed by atoms with Gasteiger partial charge in [0.25, 0.3) is 5.91 Å². The first-order chi connectivity index (χ1) is 11.6. The van der Waals surface area contributed by atoms with E-state index in [9.17, 15) is 4.79 Å². The number of alkyl halides is 1. The van der Waals surface area contributed by atoms with E-state index in [1.807, 2.05) is 17.0 Å². The maximum atomic E-state index is 13.1. The molecule has 1 heterocycles. The minimum absolute atomic E-state index is 0.0122. The molecule has 0 saturated heterocycles. The Morgan fingerprint density at radius 1 is 1.25 bits per heavy atom. The number of benzene rings is 1. The SMILES string of the molecule is CCc1cc(C(=O)N2CC3=C(CC(Br)C=C3)C2)c(OC)cc1OC. The Morgan fingerprint density at radius 2 is 2.00 bits per heavy atom. The predicted octanol–water partition coefficient (Wildman–Crippen LogP) is 3.74. The van der Waals surface area contributed by atoms with Crippen LogP contribution in [0.4, 0.5) is 0 Å². The highest BCUT2D eigenvalue weighted by Gasteiger charge is 2.30. The van der Waals surface area contributed by atoms with Crippen LogP contribution in [0.2, 0.25) is 0 Å². The highest BCUT2D eigenvalue weighted by molar-refractivity contribution is 9.09. The fourth-order valence-electron chi connectivity index (χ4n) is 3.32. The highest BCUT2D eigenvalue weighted by atomic mass is 79.9. The lowest BCUT2D eigenvalue weighted by atomic mass is 10.0. The average Bonchev–Trinajstić information content (AvgIpc) is 3.02. The van der Waals surface area contributed by atoms with Crippen molar-refractivity contribution in [2.45, 2.75) is 24.6 Å². The molecule has 1 aliphatic carbocycles. The second kappa shape index (κ2) is 7.01. The standard InChI is InChI=1S/C19H22BrNO3/c1-4-12-8-16(18(24-3)9-17(12)23-2)19(22)21-10-13-5-6-15(20)7-14(13)11-21/h5-6,8-9,15H,4,7,10-11H2,1-3H3. The van der Waals surface area contributed by atoms with E-state index in [-0.39, 0.29) is 5.91 Å². The van der Waals surface area contributed by atoms with Crippen molar-refractivity contribution in [3.8, 4) is 11.5 Å². The van der Waals surface area contributed by atoms with E-state index in [2.05, 4.69) is 35.0 Å². The Hall–Kier alpha value is -1.75. The van der Waals surface area contributed by atoms with Gasteiger partial charge in [0.05, 0.1) is 19.8 Å². The minimum atomic E-state index is 0.0122. The van der Waals surface area contributed by atoms with E-state index < -0.39 is 0 Å². The molecule has 3 rings (SSSR count). The van der Waals surface area contributed by atoms with Crippen LogP contribution >= 0.6 is 15.9 Å². The maximum absolute atomic E-state index is 13.1. The maximum Gasteiger partial charge on any atom is 0.258 e. The van der Waals surface area contributed by atoms with Gasteiger partial charge in [0.15, 0.2) is 0 Å². The van der Waals surface area contributed by atoms with Gasteiger partial charge in [-0.2, -0.15) is 0 Å². The molecule has 128 valence electrons. The van der Waals surface area contributed by atoms with E-state index in [0.29, 0.717) is 29.2 Å². The van der Waals surface area contributed by atoms with Crippen LogP contribution in [0.1, 0.15) is 29.3 Å². The molecular weight excluding hydrogens is 370 g/mol. The zero-order valence-electron chi connectivity index (χ0n) is 14.3. The number of hydrogen-bond donors (Lipinski definition) is 0. The summed E-state index contributed by atoms with van der Waals surface area (Å²) < 4.78 is 10.8. The summed E-state index contributed by atoms with van der Waals surface area (Å²) >= 11 is 3.63. The number of ether oxygens (including phenoxy) is 2. The number of methoxy groups -OCH3 is 2. The number of hydrogen-bond acceptors (Lipinski definition) is 3. The molecule has 0 radical (unpaired) electrons. The van der Waals surface area contributed by atoms with Crippen LogP contribution in [0.3, 0.4) is 0 Å². The number of carbonyl (C=O) groups excluding carboxylic acids is 1. The zero-order chi connectivity index (χ0) is 17.3. The summed E-state index contributed by atoms with van der Waals surface area (Å²) in [6, 6.07) is 3.71. The van der Waals surface area contributed by atoms with E-state index >= 15 is 0 Å². The lowest BCUT2D eigenvalue weighted by Crippen LogP contribution is -2.30. The Balaban J connectivity index is 1.87. The van der Waals surface area contributed by atoms with Crippen molar-refractivity contribution in [2.24, 2.45) is 0 Å². The molecule has 0 aromatic heterocycles. The van der Waals surface area contributed by atoms with Crippen molar-refractivity contribution in [3.05, 3.63) is 46.6 Å². The summed E-state index contributed by atoms with van der Waals surface area (Å²) in [5, 5.41) is 0. The number of amides is 1. The van der Waals surface area contributed by atoms with Gasteiger partial charge in [0, 0.05) is 24.0 Å². The normalized spacial score (nSPS) is 19.5. The Morgan fingerprint density at radius 3 is 2.67 bits per heavy atom. The predicted molar refractivity (Wildman–Crippen MR) is 98.3 cm³/mol. The molecule has 0 saturated carbocycles. The van der Waals surface area contributed by atoms with Crippen molar-refractivity contribution in [1.82, 2.24) is 4.90 Å². The van der Waals surface area contributed by atoms with E-state index in [4.69, 9.17) is 9.47 Å². The third-order valence-corrected chi connectivity index (χ3v) is 5.27. The molecule has 0 N–H and O–H groups in total. The van der Waals surface area contributed by atoms with Gasteiger partial charge in [-0.25, -0.2) is 0 Å². The molecule has 24 heavy (non-hydrogen) atoms. The molecule has 2 aliphatic rings. The molecule has 1 aromatic carbocycles. The van der Waals surface area contributed by atoms with Gasteiger partial charge in [-0.05, 0) is 35.6 Å². The number of halogens is 1. The fraction of sp³-hybridized carbons (Fsp3) is 0.421. The van der Waals surface area contributed by atoms with E-state index in [0.717, 1.165) is 24.2 Å². The van der Waals surface area contributed by atoms with Crippen molar-refractivity contribution in [1.29, 1.82) is 0 Å². The molecule has 1 unspecified atom stereocenters. The molecule has 1 amide bonds. The average molecular weight is 392 g/mol. The van der Waals surface area contributed by atoms with Crippen LogP contribution < -0.4 is 9.47 Å². The zero-order valence-corrected chi connectivity index (χ0v) is 15.9. The second-order valence-electron chi connectivity index (χ2n) is 6.09. The molecule has 0 spiro atoms. The third-order valence-electron chi connectivity index (χ3n) is 4.65. The fourth-order valence-corrected chi connectivity index (χ4v) is 3.86. The van der Waals surface area contributed by atoms with Crippen LogP contribution in [0, 0.1) is 0 Å². The van der Waals surface area contributed by atoms with Crippen LogP contribution in [0.25, 0.3) is 0 Å². The largest absolute Gasteiger partial charge is 0.496 e. The van der Waals surface area contributed by atoms with Gasteiger partial charge in [-0.15, -0.1) is 0 Å². The lowest BCUT2D eigenvalue weighted by Gasteiger charge is -2.20. The van der Waals surface area contributed by atoms with Gasteiger partial charge in [-0.3, -0.25) is 4.79 Å². The topological polar surface area (TPSA) is 38.8 Å². The molecule has 1 aromatic rings. The van der Waals surface area contributed by atoms with Crippen LogP contribution in [0.5, 0.6) is 11.5 Å². The molecule has 5 heteroatoms. The summed E-state index contributed by atoms with van der Waals surface area (Å²) in [6.45, 7) is 3.41. The minimum Gasteiger partial charge on any atom is -0.496 e. The van der Waals surface area contributed by atoms with Gasteiger partial charge in [0.2, 0.25) is 0 Å². The second-order valence-corrected chi connectivity index (χ2v) is 7.26. The first-order valence-corrected chi connectivity index (χ1v) is 9.06. The Labute approximate surface area is 151 Å². The number of aryl methyl sites for hydroxylation is 1. The Kier molecular flexibility index (Phi) is 4.99.